The van der Waals surface area contributed by atoms with Gasteiger partial charge in [-0.1, -0.05) is 36.4 Å². The minimum Gasteiger partial charge on any atom is -0.466 e. The molecule has 8 nitrogen and oxygen atoms in total. The zero-order valence-corrected chi connectivity index (χ0v) is 16.8. The number of ether oxygens (including phenoxy) is 2. The predicted molar refractivity (Wildman–Crippen MR) is 110 cm³/mol. The van der Waals surface area contributed by atoms with E-state index in [2.05, 4.69) is 4.74 Å². The van der Waals surface area contributed by atoms with Crippen LogP contribution in [0.5, 0.6) is 0 Å². The molecule has 0 saturated carbocycles. The number of rotatable bonds is 4. The topological polar surface area (TPSA) is 93.2 Å². The zero-order chi connectivity index (χ0) is 22.1. The number of carbonyl (C=O) groups excluding carboxylic acids is 4. The van der Waals surface area contributed by atoms with Crippen molar-refractivity contribution in [1.29, 1.82) is 0 Å². The molecule has 31 heavy (non-hydrogen) atoms. The number of nitrogens with zero attached hydrogens (tertiary/aromatic N) is 2. The highest BCUT2D eigenvalue weighted by atomic mass is 16.5. The molecule has 2 aromatic rings. The molecule has 1 amide bonds. The molecule has 0 spiro atoms. The van der Waals surface area contributed by atoms with Crippen molar-refractivity contribution in [2.75, 3.05) is 19.1 Å². The lowest BCUT2D eigenvalue weighted by atomic mass is 9.99. The second kappa shape index (κ2) is 7.91. The Bertz CT molecular complexity index is 1170. The van der Waals surface area contributed by atoms with Crippen LogP contribution in [-0.2, 0) is 23.9 Å². The van der Waals surface area contributed by atoms with Gasteiger partial charge in [0.05, 0.1) is 31.5 Å². The Hall–Kier alpha value is -4.20. The van der Waals surface area contributed by atoms with Crippen LogP contribution in [0, 0.1) is 0 Å². The van der Waals surface area contributed by atoms with Crippen molar-refractivity contribution in [2.24, 2.45) is 0 Å². The Morgan fingerprint density at radius 2 is 1.68 bits per heavy atom. The Labute approximate surface area is 178 Å². The molecule has 2 aliphatic heterocycles. The minimum atomic E-state index is -0.906. The molecule has 156 valence electrons. The number of para-hydroxylation sites is 1. The van der Waals surface area contributed by atoms with E-state index in [0.717, 1.165) is 11.6 Å². The van der Waals surface area contributed by atoms with Gasteiger partial charge in [-0.25, -0.2) is 9.59 Å². The molecule has 1 unspecified atom stereocenters. The van der Waals surface area contributed by atoms with Crippen LogP contribution >= 0.6 is 0 Å². The van der Waals surface area contributed by atoms with Gasteiger partial charge in [0.25, 0.3) is 5.78 Å². The summed E-state index contributed by atoms with van der Waals surface area (Å²) in [6, 6.07) is 13.9. The van der Waals surface area contributed by atoms with Gasteiger partial charge in [0.15, 0.2) is 0 Å². The first kappa shape index (κ1) is 20.1. The molecule has 0 bridgehead atoms. The maximum absolute atomic E-state index is 13.1. The summed E-state index contributed by atoms with van der Waals surface area (Å²) in [6.07, 6.45) is 3.40. The third-order valence-corrected chi connectivity index (χ3v) is 5.15. The SMILES string of the molecule is COC(=O)/C=C(\C(=O)OC)N1C=Cc2ccccc2C1N1C(=O)C(=O)c2ccccc21. The second-order valence-electron chi connectivity index (χ2n) is 6.79. The molecule has 0 N–H and O–H groups in total. The van der Waals surface area contributed by atoms with Gasteiger partial charge in [0, 0.05) is 11.8 Å². The van der Waals surface area contributed by atoms with Crippen LogP contribution in [0.1, 0.15) is 27.7 Å². The summed E-state index contributed by atoms with van der Waals surface area (Å²) in [6.45, 7) is 0. The zero-order valence-electron chi connectivity index (χ0n) is 16.8. The Morgan fingerprint density at radius 3 is 2.42 bits per heavy atom. The minimum absolute atomic E-state index is 0.144. The molecule has 0 saturated heterocycles. The largest absolute Gasteiger partial charge is 0.466 e. The van der Waals surface area contributed by atoms with E-state index in [0.29, 0.717) is 11.3 Å². The van der Waals surface area contributed by atoms with Crippen molar-refractivity contribution in [3.05, 3.63) is 83.2 Å². The standard InChI is InChI=1S/C23H18N2O6/c1-30-19(26)13-18(23(29)31-2)24-12-11-14-7-3-4-8-15(14)21(24)25-17-10-6-5-9-16(17)20(27)22(25)28/h3-13,21H,1-2H3/b18-13+. The van der Waals surface area contributed by atoms with Gasteiger partial charge in [-0.15, -0.1) is 0 Å². The van der Waals surface area contributed by atoms with Gasteiger partial charge in [-0.2, -0.15) is 0 Å². The Kier molecular flexibility index (Phi) is 5.12. The fourth-order valence-corrected chi connectivity index (χ4v) is 3.73. The molecule has 2 aromatic carbocycles. The lowest BCUT2D eigenvalue weighted by Gasteiger charge is -2.40. The van der Waals surface area contributed by atoms with Crippen LogP contribution in [0.2, 0.25) is 0 Å². The summed E-state index contributed by atoms with van der Waals surface area (Å²) in [5.41, 5.74) is 2.02. The van der Waals surface area contributed by atoms with Gasteiger partial charge >= 0.3 is 17.8 Å². The van der Waals surface area contributed by atoms with E-state index in [1.54, 1.807) is 48.7 Å². The number of Topliss-reactive ketones (excluding diaryl/α,β-unsaturated/α-hetero) is 1. The van der Waals surface area contributed by atoms with Crippen LogP contribution in [0.15, 0.2) is 66.5 Å². The van der Waals surface area contributed by atoms with Gasteiger partial charge in [-0.05, 0) is 23.8 Å². The smallest absolute Gasteiger partial charge is 0.355 e. The summed E-state index contributed by atoms with van der Waals surface area (Å²) in [5, 5.41) is 0. The molecule has 2 heterocycles. The van der Waals surface area contributed by atoms with E-state index in [1.165, 1.54) is 24.0 Å². The lowest BCUT2D eigenvalue weighted by Crippen LogP contribution is -2.44. The second-order valence-corrected chi connectivity index (χ2v) is 6.79. The maximum atomic E-state index is 13.1. The van der Waals surface area contributed by atoms with Crippen molar-refractivity contribution in [3.8, 4) is 0 Å². The van der Waals surface area contributed by atoms with Gasteiger partial charge in [-0.3, -0.25) is 14.5 Å². The van der Waals surface area contributed by atoms with Crippen molar-refractivity contribution in [3.63, 3.8) is 0 Å². The molecular formula is C23H18N2O6. The number of fused-ring (bicyclic) bond motifs is 2. The average Bonchev–Trinajstić information content (AvgIpc) is 3.06. The van der Waals surface area contributed by atoms with E-state index < -0.39 is 29.8 Å². The molecule has 1 atom stereocenters. The maximum Gasteiger partial charge on any atom is 0.355 e. The molecule has 0 aliphatic carbocycles. The lowest BCUT2D eigenvalue weighted by molar-refractivity contribution is -0.140. The number of esters is 2. The Morgan fingerprint density at radius 1 is 0.968 bits per heavy atom. The van der Waals surface area contributed by atoms with E-state index >= 15 is 0 Å². The number of hydrogen-bond acceptors (Lipinski definition) is 7. The Balaban J connectivity index is 1.93. The average molecular weight is 418 g/mol. The van der Waals surface area contributed by atoms with Crippen LogP contribution in [-0.4, -0.2) is 42.7 Å². The van der Waals surface area contributed by atoms with E-state index in [9.17, 15) is 19.2 Å². The van der Waals surface area contributed by atoms with Gasteiger partial charge in [0.2, 0.25) is 0 Å². The number of amides is 1. The molecule has 8 heteroatoms. The summed E-state index contributed by atoms with van der Waals surface area (Å²) in [4.78, 5) is 53.0. The molecule has 2 aliphatic rings. The van der Waals surface area contributed by atoms with Crippen molar-refractivity contribution >= 4 is 35.4 Å². The highest BCUT2D eigenvalue weighted by Crippen LogP contribution is 2.42. The third-order valence-electron chi connectivity index (χ3n) is 5.15. The van der Waals surface area contributed by atoms with Crippen molar-refractivity contribution < 1.29 is 28.7 Å². The normalized spacial score (nSPS) is 17.4. The first-order valence-electron chi connectivity index (χ1n) is 9.38. The number of ketones is 1. The first-order chi connectivity index (χ1) is 15.0. The van der Waals surface area contributed by atoms with Crippen molar-refractivity contribution in [2.45, 2.75) is 6.17 Å². The van der Waals surface area contributed by atoms with Gasteiger partial charge in [0.1, 0.15) is 11.9 Å². The third kappa shape index (κ3) is 3.28. The van der Waals surface area contributed by atoms with Crippen LogP contribution in [0.25, 0.3) is 6.08 Å². The quantitative estimate of drug-likeness (QED) is 0.428. The molecule has 4 rings (SSSR count). The fraction of sp³-hybridized carbons (Fsp3) is 0.130. The highest BCUT2D eigenvalue weighted by molar-refractivity contribution is 6.52. The number of benzene rings is 2. The van der Waals surface area contributed by atoms with E-state index in [4.69, 9.17) is 4.74 Å². The molecule has 0 aromatic heterocycles. The summed E-state index contributed by atoms with van der Waals surface area (Å²) in [7, 11) is 2.37. The molecular weight excluding hydrogens is 400 g/mol. The van der Waals surface area contributed by atoms with Gasteiger partial charge < -0.3 is 14.4 Å². The van der Waals surface area contributed by atoms with Crippen LogP contribution < -0.4 is 4.90 Å². The fourth-order valence-electron chi connectivity index (χ4n) is 3.73. The highest BCUT2D eigenvalue weighted by Gasteiger charge is 2.44. The van der Waals surface area contributed by atoms with E-state index in [1.807, 2.05) is 12.1 Å². The number of hydrogen-bond donors (Lipinski definition) is 0. The molecule has 0 fully saturated rings. The molecule has 0 radical (unpaired) electrons. The van der Waals surface area contributed by atoms with Crippen LogP contribution in [0.3, 0.4) is 0 Å². The van der Waals surface area contributed by atoms with Crippen molar-refractivity contribution in [1.82, 2.24) is 4.90 Å². The first-order valence-corrected chi connectivity index (χ1v) is 9.38. The monoisotopic (exact) mass is 418 g/mol. The number of methoxy groups -OCH3 is 2. The summed E-state index contributed by atoms with van der Waals surface area (Å²) >= 11 is 0. The van der Waals surface area contributed by atoms with Crippen LogP contribution in [0.4, 0.5) is 5.69 Å². The number of anilines is 1. The number of carbonyl (C=O) groups is 4. The summed E-state index contributed by atoms with van der Waals surface area (Å²) < 4.78 is 9.55. The van der Waals surface area contributed by atoms with E-state index in [-0.39, 0.29) is 11.3 Å². The summed E-state index contributed by atoms with van der Waals surface area (Å²) in [5.74, 6) is -2.94. The predicted octanol–water partition coefficient (Wildman–Crippen LogP) is 2.43.